The number of methoxy groups -OCH3 is 1. The summed E-state index contributed by atoms with van der Waals surface area (Å²) in [5.74, 6) is 1.16. The Balaban J connectivity index is 2.25. The van der Waals surface area contributed by atoms with Crippen molar-refractivity contribution in [1.82, 2.24) is 4.98 Å². The number of nitrogens with zero attached hydrogens (tertiary/aromatic N) is 2. The van der Waals surface area contributed by atoms with Crippen LogP contribution in [0.5, 0.6) is 0 Å². The molecule has 2 rings (SSSR count). The standard InChI is InChI=1S/C16H24N2O2/c1-12(2)11-18(14-6-4-5-7-14)15-10-13(8-9-17-15)16(19)20-3/h8-10,12,14H,4-7,11H2,1-3H3. The van der Waals surface area contributed by atoms with Crippen molar-refractivity contribution < 1.29 is 9.53 Å². The first-order valence-corrected chi connectivity index (χ1v) is 7.43. The lowest BCUT2D eigenvalue weighted by atomic mass is 10.1. The van der Waals surface area contributed by atoms with Crippen LogP contribution in [0.3, 0.4) is 0 Å². The summed E-state index contributed by atoms with van der Waals surface area (Å²) < 4.78 is 4.79. The third-order valence-corrected chi connectivity index (χ3v) is 3.79. The number of carbonyl (C=O) groups excluding carboxylic acids is 1. The van der Waals surface area contributed by atoms with Gasteiger partial charge in [-0.2, -0.15) is 0 Å². The fourth-order valence-electron chi connectivity index (χ4n) is 2.86. The van der Waals surface area contributed by atoms with Crippen LogP contribution in [0.15, 0.2) is 18.3 Å². The number of anilines is 1. The van der Waals surface area contributed by atoms with Crippen molar-refractivity contribution in [2.24, 2.45) is 5.92 Å². The Hall–Kier alpha value is -1.58. The summed E-state index contributed by atoms with van der Waals surface area (Å²) in [7, 11) is 1.41. The summed E-state index contributed by atoms with van der Waals surface area (Å²) >= 11 is 0. The van der Waals surface area contributed by atoms with Crippen LogP contribution in [-0.2, 0) is 4.74 Å². The second kappa shape index (κ2) is 6.73. The van der Waals surface area contributed by atoms with Gasteiger partial charge in [0.2, 0.25) is 0 Å². The highest BCUT2D eigenvalue weighted by Gasteiger charge is 2.24. The molecular formula is C16H24N2O2. The minimum absolute atomic E-state index is 0.301. The number of aromatic nitrogens is 1. The molecule has 4 nitrogen and oxygen atoms in total. The van der Waals surface area contributed by atoms with Crippen molar-refractivity contribution in [3.8, 4) is 0 Å². The average Bonchev–Trinajstić information content (AvgIpc) is 2.97. The molecule has 1 aromatic rings. The quantitative estimate of drug-likeness (QED) is 0.774. The number of hydrogen-bond donors (Lipinski definition) is 0. The van der Waals surface area contributed by atoms with Crippen LogP contribution in [0.25, 0.3) is 0 Å². The number of rotatable bonds is 5. The van der Waals surface area contributed by atoms with E-state index in [9.17, 15) is 4.79 Å². The summed E-state index contributed by atoms with van der Waals surface area (Å²) in [6.45, 7) is 5.40. The molecule has 0 N–H and O–H groups in total. The Labute approximate surface area is 121 Å². The van der Waals surface area contributed by atoms with Gasteiger partial charge in [0.05, 0.1) is 12.7 Å². The van der Waals surface area contributed by atoms with Gasteiger partial charge in [-0.1, -0.05) is 26.7 Å². The van der Waals surface area contributed by atoms with Gasteiger partial charge in [-0.3, -0.25) is 0 Å². The smallest absolute Gasteiger partial charge is 0.338 e. The number of esters is 1. The summed E-state index contributed by atoms with van der Waals surface area (Å²) in [5.41, 5.74) is 0.573. The van der Waals surface area contributed by atoms with E-state index in [1.807, 2.05) is 6.07 Å². The van der Waals surface area contributed by atoms with Crippen LogP contribution >= 0.6 is 0 Å². The molecule has 0 amide bonds. The largest absolute Gasteiger partial charge is 0.465 e. The van der Waals surface area contributed by atoms with Crippen molar-refractivity contribution in [1.29, 1.82) is 0 Å². The van der Waals surface area contributed by atoms with Crippen molar-refractivity contribution in [3.05, 3.63) is 23.9 Å². The number of pyridine rings is 1. The monoisotopic (exact) mass is 276 g/mol. The van der Waals surface area contributed by atoms with Gasteiger partial charge in [-0.25, -0.2) is 9.78 Å². The molecule has 1 aliphatic carbocycles. The molecule has 0 aliphatic heterocycles. The molecule has 1 saturated carbocycles. The van der Waals surface area contributed by atoms with Crippen LogP contribution in [-0.4, -0.2) is 30.6 Å². The Kier molecular flexibility index (Phi) is 4.99. The minimum atomic E-state index is -0.301. The van der Waals surface area contributed by atoms with E-state index in [1.54, 1.807) is 12.3 Å². The van der Waals surface area contributed by atoms with E-state index in [1.165, 1.54) is 32.8 Å². The summed E-state index contributed by atoms with van der Waals surface area (Å²) in [6, 6.07) is 4.11. The van der Waals surface area contributed by atoms with Crippen LogP contribution in [0.2, 0.25) is 0 Å². The lowest BCUT2D eigenvalue weighted by molar-refractivity contribution is 0.0600. The van der Waals surface area contributed by atoms with Crippen molar-refractivity contribution >= 4 is 11.8 Å². The Bertz CT molecular complexity index is 454. The molecule has 0 aromatic carbocycles. The molecule has 0 atom stereocenters. The molecule has 4 heteroatoms. The van der Waals surface area contributed by atoms with Crippen LogP contribution < -0.4 is 4.90 Å². The summed E-state index contributed by atoms with van der Waals surface area (Å²) in [4.78, 5) is 18.5. The summed E-state index contributed by atoms with van der Waals surface area (Å²) in [5, 5.41) is 0. The molecule has 0 bridgehead atoms. The third-order valence-electron chi connectivity index (χ3n) is 3.79. The highest BCUT2D eigenvalue weighted by Crippen LogP contribution is 2.28. The highest BCUT2D eigenvalue weighted by molar-refractivity contribution is 5.90. The number of carbonyl (C=O) groups is 1. The van der Waals surface area contributed by atoms with Gasteiger partial charge in [0.15, 0.2) is 0 Å². The van der Waals surface area contributed by atoms with E-state index in [0.717, 1.165) is 12.4 Å². The molecule has 110 valence electrons. The molecule has 1 fully saturated rings. The normalized spacial score (nSPS) is 15.6. The van der Waals surface area contributed by atoms with Gasteiger partial charge < -0.3 is 9.64 Å². The minimum Gasteiger partial charge on any atom is -0.465 e. The first kappa shape index (κ1) is 14.8. The van der Waals surface area contributed by atoms with Crippen LogP contribution in [0, 0.1) is 5.92 Å². The van der Waals surface area contributed by atoms with Gasteiger partial charge in [0, 0.05) is 18.8 Å². The van der Waals surface area contributed by atoms with Crippen LogP contribution in [0.1, 0.15) is 49.9 Å². The first-order valence-electron chi connectivity index (χ1n) is 7.43. The molecule has 0 spiro atoms. The zero-order valence-electron chi connectivity index (χ0n) is 12.6. The van der Waals surface area contributed by atoms with Gasteiger partial charge in [0.25, 0.3) is 0 Å². The Morgan fingerprint density at radius 3 is 2.75 bits per heavy atom. The van der Waals surface area contributed by atoms with Gasteiger partial charge >= 0.3 is 5.97 Å². The van der Waals surface area contributed by atoms with Gasteiger partial charge in [-0.15, -0.1) is 0 Å². The third kappa shape index (κ3) is 3.50. The predicted octanol–water partition coefficient (Wildman–Crippen LogP) is 3.27. The van der Waals surface area contributed by atoms with E-state index >= 15 is 0 Å². The van der Waals surface area contributed by atoms with Crippen molar-refractivity contribution in [2.75, 3.05) is 18.6 Å². The van der Waals surface area contributed by atoms with E-state index in [4.69, 9.17) is 4.74 Å². The second-order valence-corrected chi connectivity index (χ2v) is 5.88. The lowest BCUT2D eigenvalue weighted by Crippen LogP contribution is -2.37. The number of hydrogen-bond acceptors (Lipinski definition) is 4. The van der Waals surface area contributed by atoms with E-state index in [2.05, 4.69) is 23.7 Å². The SMILES string of the molecule is COC(=O)c1ccnc(N(CC(C)C)C2CCCC2)c1. The second-order valence-electron chi connectivity index (χ2n) is 5.88. The zero-order valence-corrected chi connectivity index (χ0v) is 12.6. The van der Waals surface area contributed by atoms with Gasteiger partial charge in [0.1, 0.15) is 5.82 Å². The Morgan fingerprint density at radius 1 is 1.45 bits per heavy atom. The summed E-state index contributed by atoms with van der Waals surface area (Å²) in [6.07, 6.45) is 6.71. The van der Waals surface area contributed by atoms with E-state index in [0.29, 0.717) is 17.5 Å². The molecule has 0 radical (unpaired) electrons. The molecule has 1 aliphatic rings. The maximum atomic E-state index is 11.7. The molecule has 20 heavy (non-hydrogen) atoms. The number of ether oxygens (including phenoxy) is 1. The van der Waals surface area contributed by atoms with Gasteiger partial charge in [-0.05, 0) is 30.9 Å². The van der Waals surface area contributed by atoms with Crippen molar-refractivity contribution in [3.63, 3.8) is 0 Å². The fourth-order valence-corrected chi connectivity index (χ4v) is 2.86. The Morgan fingerprint density at radius 2 is 2.15 bits per heavy atom. The molecule has 1 aromatic heterocycles. The van der Waals surface area contributed by atoms with Crippen LogP contribution in [0.4, 0.5) is 5.82 Å². The first-order chi connectivity index (χ1) is 9.61. The van der Waals surface area contributed by atoms with E-state index in [-0.39, 0.29) is 5.97 Å². The fraction of sp³-hybridized carbons (Fsp3) is 0.625. The zero-order chi connectivity index (χ0) is 14.5. The molecule has 0 unspecified atom stereocenters. The maximum absolute atomic E-state index is 11.7. The average molecular weight is 276 g/mol. The molecule has 1 heterocycles. The highest BCUT2D eigenvalue weighted by atomic mass is 16.5. The van der Waals surface area contributed by atoms with Crippen molar-refractivity contribution in [2.45, 2.75) is 45.6 Å². The predicted molar refractivity (Wildman–Crippen MR) is 80.0 cm³/mol. The topological polar surface area (TPSA) is 42.4 Å². The molecule has 0 saturated heterocycles. The maximum Gasteiger partial charge on any atom is 0.338 e. The lowest BCUT2D eigenvalue weighted by Gasteiger charge is -2.31. The van der Waals surface area contributed by atoms with E-state index < -0.39 is 0 Å². The molecular weight excluding hydrogens is 252 g/mol.